The van der Waals surface area contributed by atoms with E-state index >= 15 is 0 Å². The summed E-state index contributed by atoms with van der Waals surface area (Å²) in [6.45, 7) is 2.00. The molecule has 0 spiro atoms. The highest BCUT2D eigenvalue weighted by Crippen LogP contribution is 2.14. The number of hydrogen-bond acceptors (Lipinski definition) is 4. The number of nitrogens with two attached hydrogens (primary N) is 1. The van der Waals surface area contributed by atoms with Crippen LogP contribution in [0.4, 0.5) is 0 Å². The minimum absolute atomic E-state index is 0.198. The van der Waals surface area contributed by atoms with Gasteiger partial charge in [0.1, 0.15) is 11.0 Å². The predicted octanol–water partition coefficient (Wildman–Crippen LogP) is 1.58. The molecule has 1 heterocycles. The van der Waals surface area contributed by atoms with Crippen molar-refractivity contribution in [1.29, 1.82) is 0 Å². The van der Waals surface area contributed by atoms with Crippen LogP contribution in [0.2, 0.25) is 0 Å². The van der Waals surface area contributed by atoms with Gasteiger partial charge in [0.05, 0.1) is 11.7 Å². The van der Waals surface area contributed by atoms with Gasteiger partial charge in [0.2, 0.25) is 0 Å². The second-order valence-corrected chi connectivity index (χ2v) is 3.80. The van der Waals surface area contributed by atoms with E-state index in [2.05, 4.69) is 20.9 Å². The molecule has 13 heavy (non-hydrogen) atoms. The van der Waals surface area contributed by atoms with Crippen molar-refractivity contribution in [2.75, 3.05) is 0 Å². The molecule has 0 aliphatic heterocycles. The summed E-state index contributed by atoms with van der Waals surface area (Å²) in [5.41, 5.74) is 8.89. The Bertz CT molecular complexity index is 408. The summed E-state index contributed by atoms with van der Waals surface area (Å²) in [5, 5.41) is 0. The summed E-state index contributed by atoms with van der Waals surface area (Å²) in [6, 6.07) is 6.32. The molecule has 0 bridgehead atoms. The molecule has 0 aliphatic carbocycles. The van der Waals surface area contributed by atoms with Gasteiger partial charge in [0, 0.05) is 6.04 Å². The third-order valence-corrected chi connectivity index (χ3v) is 2.43. The molecule has 0 radical (unpaired) electrons. The van der Waals surface area contributed by atoms with E-state index in [9.17, 15) is 0 Å². The second-order valence-electron chi connectivity index (χ2n) is 3.27. The first-order chi connectivity index (χ1) is 6.25. The summed E-state index contributed by atoms with van der Waals surface area (Å²) in [4.78, 5) is 0. The summed E-state index contributed by atoms with van der Waals surface area (Å²) in [7, 11) is 0. The Hall–Kier alpha value is -1.00. The van der Waals surface area contributed by atoms with Crippen LogP contribution in [-0.4, -0.2) is 14.8 Å². The third-order valence-electron chi connectivity index (χ3n) is 1.88. The van der Waals surface area contributed by atoms with E-state index in [1.807, 2.05) is 13.0 Å². The first kappa shape index (κ1) is 8.59. The van der Waals surface area contributed by atoms with Crippen molar-refractivity contribution in [3.8, 4) is 0 Å². The molecule has 0 saturated carbocycles. The van der Waals surface area contributed by atoms with Crippen molar-refractivity contribution in [2.45, 2.75) is 19.4 Å². The molecule has 2 N–H and O–H groups in total. The lowest BCUT2D eigenvalue weighted by Gasteiger charge is -2.03. The van der Waals surface area contributed by atoms with Gasteiger partial charge in [-0.05, 0) is 31.0 Å². The Morgan fingerprint density at radius 2 is 2.15 bits per heavy atom. The van der Waals surface area contributed by atoms with Gasteiger partial charge in [-0.2, -0.15) is 8.75 Å². The SMILES string of the molecule is CC(N)Cc1ccc2nsnc2c1. The average molecular weight is 193 g/mol. The molecule has 1 atom stereocenters. The quantitative estimate of drug-likeness (QED) is 0.787. The zero-order chi connectivity index (χ0) is 9.26. The van der Waals surface area contributed by atoms with E-state index in [4.69, 9.17) is 5.73 Å². The molecule has 0 aliphatic rings. The van der Waals surface area contributed by atoms with E-state index in [-0.39, 0.29) is 6.04 Å². The summed E-state index contributed by atoms with van der Waals surface area (Å²) >= 11 is 1.25. The van der Waals surface area contributed by atoms with E-state index in [0.717, 1.165) is 17.5 Å². The minimum Gasteiger partial charge on any atom is -0.328 e. The highest BCUT2D eigenvalue weighted by molar-refractivity contribution is 7.00. The van der Waals surface area contributed by atoms with Crippen molar-refractivity contribution in [3.05, 3.63) is 23.8 Å². The average Bonchev–Trinajstić information content (AvgIpc) is 2.49. The first-order valence-electron chi connectivity index (χ1n) is 4.22. The van der Waals surface area contributed by atoms with Crippen LogP contribution in [0.3, 0.4) is 0 Å². The Morgan fingerprint density at radius 3 is 2.92 bits per heavy atom. The number of nitrogens with zero attached hydrogens (tertiary/aromatic N) is 2. The molecule has 1 aromatic carbocycles. The van der Waals surface area contributed by atoms with Crippen molar-refractivity contribution in [2.24, 2.45) is 5.73 Å². The standard InChI is InChI=1S/C9H11N3S/c1-6(10)4-7-2-3-8-9(5-7)12-13-11-8/h2-3,5-6H,4,10H2,1H3. The lowest BCUT2D eigenvalue weighted by atomic mass is 10.1. The van der Waals surface area contributed by atoms with Gasteiger partial charge in [-0.3, -0.25) is 0 Å². The lowest BCUT2D eigenvalue weighted by molar-refractivity contribution is 0.739. The number of fused-ring (bicyclic) bond motifs is 1. The highest BCUT2D eigenvalue weighted by atomic mass is 32.1. The van der Waals surface area contributed by atoms with Crippen LogP contribution < -0.4 is 5.73 Å². The van der Waals surface area contributed by atoms with E-state index in [1.165, 1.54) is 17.3 Å². The van der Waals surface area contributed by atoms with Gasteiger partial charge >= 0.3 is 0 Å². The molecule has 68 valence electrons. The molecule has 3 nitrogen and oxygen atoms in total. The number of aromatic nitrogens is 2. The van der Waals surface area contributed by atoms with Crippen LogP contribution in [0.15, 0.2) is 18.2 Å². The number of benzene rings is 1. The number of rotatable bonds is 2. The largest absolute Gasteiger partial charge is 0.328 e. The van der Waals surface area contributed by atoms with Crippen LogP contribution in [0.5, 0.6) is 0 Å². The molecule has 0 saturated heterocycles. The highest BCUT2D eigenvalue weighted by Gasteiger charge is 2.01. The maximum absolute atomic E-state index is 5.71. The van der Waals surface area contributed by atoms with E-state index < -0.39 is 0 Å². The Balaban J connectivity index is 2.37. The van der Waals surface area contributed by atoms with Gasteiger partial charge < -0.3 is 5.73 Å². The lowest BCUT2D eigenvalue weighted by Crippen LogP contribution is -2.17. The van der Waals surface area contributed by atoms with Gasteiger partial charge in [-0.15, -0.1) is 0 Å². The zero-order valence-corrected chi connectivity index (χ0v) is 8.21. The van der Waals surface area contributed by atoms with Gasteiger partial charge in [-0.1, -0.05) is 6.07 Å². The maximum atomic E-state index is 5.71. The summed E-state index contributed by atoms with van der Waals surface area (Å²) < 4.78 is 8.31. The molecular formula is C9H11N3S. The van der Waals surface area contributed by atoms with Crippen molar-refractivity contribution >= 4 is 22.8 Å². The zero-order valence-electron chi connectivity index (χ0n) is 7.40. The topological polar surface area (TPSA) is 51.8 Å². The second kappa shape index (κ2) is 3.40. The fourth-order valence-electron chi connectivity index (χ4n) is 1.33. The van der Waals surface area contributed by atoms with Crippen LogP contribution in [-0.2, 0) is 6.42 Å². The van der Waals surface area contributed by atoms with E-state index in [1.54, 1.807) is 0 Å². The molecule has 2 aromatic rings. The molecule has 0 fully saturated rings. The van der Waals surface area contributed by atoms with Crippen molar-refractivity contribution < 1.29 is 0 Å². The van der Waals surface area contributed by atoms with Gasteiger partial charge in [-0.25, -0.2) is 0 Å². The Morgan fingerprint density at radius 1 is 1.38 bits per heavy atom. The van der Waals surface area contributed by atoms with Gasteiger partial charge in [0.25, 0.3) is 0 Å². The fourth-order valence-corrected chi connectivity index (χ4v) is 1.84. The predicted molar refractivity (Wildman–Crippen MR) is 54.8 cm³/mol. The monoisotopic (exact) mass is 193 g/mol. The van der Waals surface area contributed by atoms with Crippen LogP contribution >= 0.6 is 11.7 Å². The van der Waals surface area contributed by atoms with Crippen LogP contribution in [0, 0.1) is 0 Å². The molecule has 1 unspecified atom stereocenters. The molecular weight excluding hydrogens is 182 g/mol. The normalized spacial score (nSPS) is 13.4. The fraction of sp³-hybridized carbons (Fsp3) is 0.333. The summed E-state index contributed by atoms with van der Waals surface area (Å²) in [6.07, 6.45) is 0.896. The maximum Gasteiger partial charge on any atom is 0.105 e. The molecule has 4 heteroatoms. The van der Waals surface area contributed by atoms with Crippen molar-refractivity contribution in [3.63, 3.8) is 0 Å². The summed E-state index contributed by atoms with van der Waals surface area (Å²) in [5.74, 6) is 0. The Labute approximate surface area is 80.9 Å². The third kappa shape index (κ3) is 1.84. The molecule has 0 amide bonds. The van der Waals surface area contributed by atoms with Crippen LogP contribution in [0.25, 0.3) is 11.0 Å². The Kier molecular flexibility index (Phi) is 2.24. The van der Waals surface area contributed by atoms with Gasteiger partial charge in [0.15, 0.2) is 0 Å². The minimum atomic E-state index is 0.198. The molecule has 2 rings (SSSR count). The van der Waals surface area contributed by atoms with Crippen molar-refractivity contribution in [1.82, 2.24) is 8.75 Å². The smallest absolute Gasteiger partial charge is 0.105 e. The first-order valence-corrected chi connectivity index (χ1v) is 4.95. The molecule has 1 aromatic heterocycles. The van der Waals surface area contributed by atoms with E-state index in [0.29, 0.717) is 0 Å². The number of hydrogen-bond donors (Lipinski definition) is 1. The van der Waals surface area contributed by atoms with Crippen LogP contribution in [0.1, 0.15) is 12.5 Å².